The summed E-state index contributed by atoms with van der Waals surface area (Å²) in [5, 5.41) is 0. The third-order valence-corrected chi connectivity index (χ3v) is 5.10. The fourth-order valence-corrected chi connectivity index (χ4v) is 3.40. The van der Waals surface area contributed by atoms with Crippen molar-refractivity contribution in [3.63, 3.8) is 0 Å². The zero-order valence-corrected chi connectivity index (χ0v) is 16.6. The molecule has 1 rings (SSSR count). The normalized spacial score (nSPS) is 14.9. The van der Waals surface area contributed by atoms with E-state index >= 15 is 0 Å². The van der Waals surface area contributed by atoms with Gasteiger partial charge in [0.15, 0.2) is 0 Å². The van der Waals surface area contributed by atoms with Gasteiger partial charge in [0.25, 0.3) is 0 Å². The maximum absolute atomic E-state index is 4.84. The second kappa shape index (κ2) is 15.8. The molecule has 140 valence electrons. The maximum Gasteiger partial charge on any atom is 0.0388 e. The minimum atomic E-state index is 1.06. The summed E-state index contributed by atoms with van der Waals surface area (Å²) in [7, 11) is 0. The van der Waals surface area contributed by atoms with E-state index in [1.54, 1.807) is 0 Å². The molecule has 0 saturated heterocycles. The molecule has 1 aliphatic carbocycles. The van der Waals surface area contributed by atoms with Crippen molar-refractivity contribution >= 4 is 11.4 Å². The Kier molecular flexibility index (Phi) is 14.1. The molecule has 0 heterocycles. The molecule has 0 aliphatic heterocycles. The summed E-state index contributed by atoms with van der Waals surface area (Å²) in [5.74, 6) is 0. The SMILES string of the molecule is CCCCCCCCN=C1CCC(=NCCCCCCCC)CC1. The van der Waals surface area contributed by atoms with E-state index in [-0.39, 0.29) is 0 Å². The molecule has 0 N–H and O–H groups in total. The van der Waals surface area contributed by atoms with Gasteiger partial charge in [-0.3, -0.25) is 9.98 Å². The largest absolute Gasteiger partial charge is 0.294 e. The van der Waals surface area contributed by atoms with Gasteiger partial charge in [-0.05, 0) is 38.5 Å². The molecule has 0 aromatic heterocycles. The van der Waals surface area contributed by atoms with Crippen LogP contribution in [0.4, 0.5) is 0 Å². The van der Waals surface area contributed by atoms with E-state index in [2.05, 4.69) is 13.8 Å². The van der Waals surface area contributed by atoms with Crippen molar-refractivity contribution in [2.75, 3.05) is 13.1 Å². The Hall–Kier alpha value is -0.660. The second-order valence-electron chi connectivity index (χ2n) is 7.43. The van der Waals surface area contributed by atoms with Crippen LogP contribution >= 0.6 is 0 Å². The monoisotopic (exact) mass is 334 g/mol. The van der Waals surface area contributed by atoms with Crippen LogP contribution in [0.1, 0.15) is 117 Å². The van der Waals surface area contributed by atoms with Gasteiger partial charge in [0.05, 0.1) is 0 Å². The van der Waals surface area contributed by atoms with Crippen LogP contribution in [0.25, 0.3) is 0 Å². The van der Waals surface area contributed by atoms with E-state index in [0.29, 0.717) is 0 Å². The summed E-state index contributed by atoms with van der Waals surface area (Å²) in [4.78, 5) is 9.67. The van der Waals surface area contributed by atoms with Crippen LogP contribution in [-0.2, 0) is 0 Å². The average molecular weight is 335 g/mol. The van der Waals surface area contributed by atoms with Crippen LogP contribution < -0.4 is 0 Å². The quantitative estimate of drug-likeness (QED) is 0.301. The average Bonchev–Trinajstić information content (AvgIpc) is 2.61. The van der Waals surface area contributed by atoms with Crippen molar-refractivity contribution in [3.8, 4) is 0 Å². The van der Waals surface area contributed by atoms with Gasteiger partial charge < -0.3 is 0 Å². The van der Waals surface area contributed by atoms with E-state index in [9.17, 15) is 0 Å². The van der Waals surface area contributed by atoms with Crippen LogP contribution in [0.15, 0.2) is 9.98 Å². The Balaban J connectivity index is 2.00. The highest BCUT2D eigenvalue weighted by Crippen LogP contribution is 2.15. The molecule has 0 spiro atoms. The summed E-state index contributed by atoms with van der Waals surface area (Å²) in [6, 6.07) is 0. The van der Waals surface area contributed by atoms with Crippen LogP contribution in [0, 0.1) is 0 Å². The summed E-state index contributed by atoms with van der Waals surface area (Å²) >= 11 is 0. The number of nitrogens with zero attached hydrogens (tertiary/aromatic N) is 2. The Labute approximate surface area is 151 Å². The fourth-order valence-electron chi connectivity index (χ4n) is 3.40. The first-order chi connectivity index (χ1) is 11.9. The molecule has 0 aromatic rings. The zero-order valence-electron chi connectivity index (χ0n) is 16.6. The van der Waals surface area contributed by atoms with Crippen molar-refractivity contribution in [1.29, 1.82) is 0 Å². The van der Waals surface area contributed by atoms with Crippen molar-refractivity contribution in [3.05, 3.63) is 0 Å². The number of rotatable bonds is 14. The molecule has 24 heavy (non-hydrogen) atoms. The number of unbranched alkanes of at least 4 members (excludes halogenated alkanes) is 10. The summed E-state index contributed by atoms with van der Waals surface area (Å²) in [5.41, 5.74) is 2.92. The lowest BCUT2D eigenvalue weighted by Gasteiger charge is -2.15. The van der Waals surface area contributed by atoms with E-state index in [4.69, 9.17) is 9.98 Å². The van der Waals surface area contributed by atoms with Gasteiger partial charge in [-0.1, -0.05) is 78.1 Å². The second-order valence-corrected chi connectivity index (χ2v) is 7.43. The molecule has 2 nitrogen and oxygen atoms in total. The van der Waals surface area contributed by atoms with Crippen LogP contribution in [-0.4, -0.2) is 24.5 Å². The molecule has 0 unspecified atom stereocenters. The van der Waals surface area contributed by atoms with Gasteiger partial charge >= 0.3 is 0 Å². The van der Waals surface area contributed by atoms with Gasteiger partial charge in [-0.15, -0.1) is 0 Å². The first-order valence-corrected chi connectivity index (χ1v) is 10.9. The van der Waals surface area contributed by atoms with E-state index in [0.717, 1.165) is 13.1 Å². The number of hydrogen-bond acceptors (Lipinski definition) is 2. The summed E-state index contributed by atoms with van der Waals surface area (Å²) in [6.45, 7) is 6.68. The molecule has 0 radical (unpaired) electrons. The third kappa shape index (κ3) is 11.8. The minimum Gasteiger partial charge on any atom is -0.294 e. The molecule has 0 atom stereocenters. The highest BCUT2D eigenvalue weighted by atomic mass is 14.8. The molecule has 0 bridgehead atoms. The Morgan fingerprint density at radius 2 is 0.833 bits per heavy atom. The molecule has 2 heteroatoms. The molecule has 0 aromatic carbocycles. The van der Waals surface area contributed by atoms with Gasteiger partial charge in [0.2, 0.25) is 0 Å². The fraction of sp³-hybridized carbons (Fsp3) is 0.909. The van der Waals surface area contributed by atoms with Crippen molar-refractivity contribution in [2.24, 2.45) is 9.98 Å². The minimum absolute atomic E-state index is 1.06. The molecule has 1 saturated carbocycles. The van der Waals surface area contributed by atoms with E-state index in [1.165, 1.54) is 114 Å². The lowest BCUT2D eigenvalue weighted by atomic mass is 9.96. The van der Waals surface area contributed by atoms with Gasteiger partial charge in [-0.25, -0.2) is 0 Å². The van der Waals surface area contributed by atoms with Crippen LogP contribution in [0.3, 0.4) is 0 Å². The predicted molar refractivity (Wildman–Crippen MR) is 110 cm³/mol. The standard InChI is InChI=1S/C22H42N2/c1-3-5-7-9-11-13-19-23-21-15-17-22(18-16-21)24-20-14-12-10-8-6-4-2/h3-20H2,1-2H3. The Morgan fingerprint density at radius 1 is 0.500 bits per heavy atom. The third-order valence-electron chi connectivity index (χ3n) is 5.10. The highest BCUT2D eigenvalue weighted by molar-refractivity contribution is 5.98. The maximum atomic E-state index is 4.84. The topological polar surface area (TPSA) is 24.7 Å². The van der Waals surface area contributed by atoms with Crippen LogP contribution in [0.2, 0.25) is 0 Å². The lowest BCUT2D eigenvalue weighted by Crippen LogP contribution is -2.14. The van der Waals surface area contributed by atoms with Gasteiger partial charge in [-0.2, -0.15) is 0 Å². The first-order valence-electron chi connectivity index (χ1n) is 10.9. The summed E-state index contributed by atoms with van der Waals surface area (Å²) < 4.78 is 0. The molecule has 1 aliphatic rings. The molecular formula is C22H42N2. The van der Waals surface area contributed by atoms with Crippen molar-refractivity contribution < 1.29 is 0 Å². The number of aliphatic imine (C=N–C) groups is 2. The predicted octanol–water partition coefficient (Wildman–Crippen LogP) is 7.16. The smallest absolute Gasteiger partial charge is 0.0388 e. The molecular weight excluding hydrogens is 292 g/mol. The van der Waals surface area contributed by atoms with Crippen molar-refractivity contribution in [1.82, 2.24) is 0 Å². The Morgan fingerprint density at radius 3 is 1.21 bits per heavy atom. The highest BCUT2D eigenvalue weighted by Gasteiger charge is 2.11. The van der Waals surface area contributed by atoms with E-state index in [1.807, 2.05) is 0 Å². The van der Waals surface area contributed by atoms with Gasteiger partial charge in [0, 0.05) is 24.5 Å². The summed E-state index contributed by atoms with van der Waals surface area (Å²) in [6.07, 6.45) is 21.1. The Bertz CT molecular complexity index is 298. The van der Waals surface area contributed by atoms with Crippen molar-refractivity contribution in [2.45, 2.75) is 117 Å². The molecule has 1 fully saturated rings. The van der Waals surface area contributed by atoms with Gasteiger partial charge in [0.1, 0.15) is 0 Å². The first kappa shape index (κ1) is 21.4. The van der Waals surface area contributed by atoms with Crippen LogP contribution in [0.5, 0.6) is 0 Å². The lowest BCUT2D eigenvalue weighted by molar-refractivity contribution is 0.611. The van der Waals surface area contributed by atoms with E-state index < -0.39 is 0 Å². The number of hydrogen-bond donors (Lipinski definition) is 0. The zero-order chi connectivity index (χ0) is 17.3. The molecule has 0 amide bonds.